The van der Waals surface area contributed by atoms with Crippen molar-refractivity contribution in [1.29, 1.82) is 0 Å². The average molecular weight is 346 g/mol. The molecule has 0 nitrogen and oxygen atoms in total. The highest BCUT2D eigenvalue weighted by atomic mass is 14.5. The molecule has 1 aliphatic rings. The molecule has 4 aromatic carbocycles. The van der Waals surface area contributed by atoms with Crippen LogP contribution in [0.15, 0.2) is 97.1 Å². The van der Waals surface area contributed by atoms with Gasteiger partial charge in [-0.05, 0) is 47.2 Å². The molecule has 0 radical (unpaired) electrons. The van der Waals surface area contributed by atoms with Crippen LogP contribution in [-0.4, -0.2) is 0 Å². The number of fused-ring (bicyclic) bond motifs is 3. The van der Waals surface area contributed by atoms with Crippen molar-refractivity contribution in [1.82, 2.24) is 0 Å². The van der Waals surface area contributed by atoms with E-state index in [0.29, 0.717) is 0 Å². The Labute approximate surface area is 161 Å². The predicted molar refractivity (Wildman–Crippen MR) is 113 cm³/mol. The molecule has 0 heterocycles. The van der Waals surface area contributed by atoms with Crippen molar-refractivity contribution in [2.45, 2.75) is 19.3 Å². The third-order valence-corrected chi connectivity index (χ3v) is 5.81. The monoisotopic (exact) mass is 346 g/mol. The molecule has 0 heteroatoms. The molecule has 0 aliphatic heterocycles. The Hall–Kier alpha value is -3.12. The summed E-state index contributed by atoms with van der Waals surface area (Å²) in [6, 6.07) is 35.7. The van der Waals surface area contributed by atoms with Crippen LogP contribution < -0.4 is 0 Å². The standard InChI is InChI=1S/C27H22/c1-19-16-20(2)18-22(17-19)27(21-10-4-3-5-11-21)25-14-8-6-12-23(25)24-13-7-9-15-26(24)27/h3-18H,1-2H3. The molecule has 0 saturated carbocycles. The molecule has 0 spiro atoms. The fraction of sp³-hybridized carbons (Fsp3) is 0.111. The van der Waals surface area contributed by atoms with E-state index in [9.17, 15) is 0 Å². The van der Waals surface area contributed by atoms with Gasteiger partial charge in [-0.15, -0.1) is 0 Å². The van der Waals surface area contributed by atoms with Gasteiger partial charge in [-0.2, -0.15) is 0 Å². The van der Waals surface area contributed by atoms with Gasteiger partial charge in [0.25, 0.3) is 0 Å². The summed E-state index contributed by atoms with van der Waals surface area (Å²) in [5.41, 5.74) is 10.5. The summed E-state index contributed by atoms with van der Waals surface area (Å²) >= 11 is 0. The molecule has 0 N–H and O–H groups in total. The summed E-state index contributed by atoms with van der Waals surface area (Å²) in [4.78, 5) is 0. The van der Waals surface area contributed by atoms with Crippen LogP contribution in [-0.2, 0) is 5.41 Å². The van der Waals surface area contributed by atoms with E-state index >= 15 is 0 Å². The van der Waals surface area contributed by atoms with Crippen molar-refractivity contribution in [2.75, 3.05) is 0 Å². The second kappa shape index (κ2) is 5.96. The van der Waals surface area contributed by atoms with Gasteiger partial charge in [0.15, 0.2) is 0 Å². The van der Waals surface area contributed by atoms with Crippen LogP contribution in [0.4, 0.5) is 0 Å². The Morgan fingerprint density at radius 3 is 1.52 bits per heavy atom. The van der Waals surface area contributed by atoms with Gasteiger partial charge in [0.1, 0.15) is 0 Å². The number of aryl methyl sites for hydroxylation is 2. The minimum absolute atomic E-state index is 0.273. The summed E-state index contributed by atoms with van der Waals surface area (Å²) in [5, 5.41) is 0. The quantitative estimate of drug-likeness (QED) is 0.335. The van der Waals surface area contributed by atoms with Gasteiger partial charge in [-0.3, -0.25) is 0 Å². The first-order valence-corrected chi connectivity index (χ1v) is 9.55. The van der Waals surface area contributed by atoms with Gasteiger partial charge in [0.2, 0.25) is 0 Å². The number of hydrogen-bond acceptors (Lipinski definition) is 0. The Kier molecular flexibility index (Phi) is 3.55. The van der Waals surface area contributed by atoms with E-state index in [1.165, 1.54) is 44.5 Å². The smallest absolute Gasteiger partial charge is 0.0622 e. The van der Waals surface area contributed by atoms with Gasteiger partial charge in [-0.1, -0.05) is 108 Å². The highest BCUT2D eigenvalue weighted by molar-refractivity contribution is 5.86. The van der Waals surface area contributed by atoms with Crippen molar-refractivity contribution in [3.8, 4) is 11.1 Å². The van der Waals surface area contributed by atoms with Gasteiger partial charge >= 0.3 is 0 Å². The third kappa shape index (κ3) is 2.23. The maximum absolute atomic E-state index is 2.36. The lowest BCUT2D eigenvalue weighted by atomic mass is 9.67. The highest BCUT2D eigenvalue weighted by Gasteiger charge is 2.45. The van der Waals surface area contributed by atoms with Crippen molar-refractivity contribution < 1.29 is 0 Å². The van der Waals surface area contributed by atoms with Crippen molar-refractivity contribution in [3.05, 3.63) is 130 Å². The molecule has 27 heavy (non-hydrogen) atoms. The number of benzene rings is 4. The largest absolute Gasteiger partial charge is 0.0713 e. The van der Waals surface area contributed by atoms with E-state index in [4.69, 9.17) is 0 Å². The highest BCUT2D eigenvalue weighted by Crippen LogP contribution is 2.56. The molecule has 5 rings (SSSR count). The lowest BCUT2D eigenvalue weighted by Gasteiger charge is -2.34. The molecule has 0 amide bonds. The molecule has 0 bridgehead atoms. The fourth-order valence-corrected chi connectivity index (χ4v) is 4.90. The van der Waals surface area contributed by atoms with E-state index in [2.05, 4.69) is 111 Å². The van der Waals surface area contributed by atoms with E-state index in [0.717, 1.165) is 0 Å². The zero-order valence-electron chi connectivity index (χ0n) is 15.7. The maximum Gasteiger partial charge on any atom is 0.0713 e. The molecule has 0 saturated heterocycles. The summed E-state index contributed by atoms with van der Waals surface area (Å²) < 4.78 is 0. The zero-order valence-corrected chi connectivity index (χ0v) is 15.7. The van der Waals surface area contributed by atoms with Crippen LogP contribution in [0.1, 0.15) is 33.4 Å². The first-order chi connectivity index (χ1) is 13.2. The Morgan fingerprint density at radius 2 is 0.963 bits per heavy atom. The van der Waals surface area contributed by atoms with Crippen molar-refractivity contribution in [3.63, 3.8) is 0 Å². The van der Waals surface area contributed by atoms with Gasteiger partial charge < -0.3 is 0 Å². The summed E-state index contributed by atoms with van der Waals surface area (Å²) in [6.45, 7) is 4.39. The summed E-state index contributed by atoms with van der Waals surface area (Å²) in [6.07, 6.45) is 0. The lowest BCUT2D eigenvalue weighted by molar-refractivity contribution is 0.766. The molecule has 0 unspecified atom stereocenters. The van der Waals surface area contributed by atoms with Gasteiger partial charge in [0, 0.05) is 0 Å². The van der Waals surface area contributed by atoms with E-state index < -0.39 is 0 Å². The van der Waals surface area contributed by atoms with Crippen LogP contribution in [0, 0.1) is 13.8 Å². The third-order valence-electron chi connectivity index (χ3n) is 5.81. The van der Waals surface area contributed by atoms with Gasteiger partial charge in [-0.25, -0.2) is 0 Å². The first-order valence-electron chi connectivity index (χ1n) is 9.55. The minimum atomic E-state index is -0.273. The van der Waals surface area contributed by atoms with Crippen LogP contribution in [0.2, 0.25) is 0 Å². The molecule has 130 valence electrons. The van der Waals surface area contributed by atoms with Crippen LogP contribution in [0.5, 0.6) is 0 Å². The maximum atomic E-state index is 2.36. The van der Waals surface area contributed by atoms with Crippen LogP contribution in [0.25, 0.3) is 11.1 Å². The second-order valence-corrected chi connectivity index (χ2v) is 7.58. The number of hydrogen-bond donors (Lipinski definition) is 0. The predicted octanol–water partition coefficient (Wildman–Crippen LogP) is 6.67. The molecular formula is C27H22. The SMILES string of the molecule is Cc1cc(C)cc(C2(c3ccccc3)c3ccccc3-c3ccccc32)c1. The minimum Gasteiger partial charge on any atom is -0.0622 e. The van der Waals surface area contributed by atoms with Crippen molar-refractivity contribution in [2.24, 2.45) is 0 Å². The first kappa shape index (κ1) is 16.1. The Morgan fingerprint density at radius 1 is 0.481 bits per heavy atom. The number of rotatable bonds is 2. The topological polar surface area (TPSA) is 0 Å². The molecule has 0 atom stereocenters. The Balaban J connectivity index is 1.99. The van der Waals surface area contributed by atoms with E-state index in [-0.39, 0.29) is 5.41 Å². The molecule has 0 aromatic heterocycles. The normalized spacial score (nSPS) is 13.9. The summed E-state index contributed by atoms with van der Waals surface area (Å²) in [7, 11) is 0. The molecule has 4 aromatic rings. The summed E-state index contributed by atoms with van der Waals surface area (Å²) in [5.74, 6) is 0. The molecular weight excluding hydrogens is 324 g/mol. The van der Waals surface area contributed by atoms with Crippen LogP contribution in [0.3, 0.4) is 0 Å². The zero-order chi connectivity index (χ0) is 18.4. The van der Waals surface area contributed by atoms with Gasteiger partial charge in [0.05, 0.1) is 5.41 Å². The van der Waals surface area contributed by atoms with Crippen molar-refractivity contribution >= 4 is 0 Å². The second-order valence-electron chi connectivity index (χ2n) is 7.58. The molecule has 0 fully saturated rings. The Bertz CT molecular complexity index is 1070. The average Bonchev–Trinajstić information content (AvgIpc) is 2.99. The lowest BCUT2D eigenvalue weighted by Crippen LogP contribution is -2.28. The van der Waals surface area contributed by atoms with E-state index in [1.807, 2.05) is 0 Å². The molecule has 1 aliphatic carbocycles. The van der Waals surface area contributed by atoms with Crippen LogP contribution >= 0.6 is 0 Å². The van der Waals surface area contributed by atoms with E-state index in [1.54, 1.807) is 0 Å². The fourth-order valence-electron chi connectivity index (χ4n) is 4.90.